The van der Waals surface area contributed by atoms with Crippen LogP contribution >= 0.6 is 0 Å². The minimum atomic E-state index is -4.14. The first-order valence-corrected chi connectivity index (χ1v) is 7.10. The molecule has 1 amide bonds. The Bertz CT molecular complexity index is 808. The maximum Gasteiger partial charge on any atom is 0.259 e. The Kier molecular flexibility index (Phi) is 3.87. The highest BCUT2D eigenvalue weighted by molar-refractivity contribution is 7.89. The number of nitrogens with two attached hydrogens (primary N) is 1. The smallest absolute Gasteiger partial charge is 0.259 e. The second-order valence-electron chi connectivity index (χ2n) is 4.03. The molecule has 0 aliphatic rings. The lowest BCUT2D eigenvalue weighted by Crippen LogP contribution is -2.18. The van der Waals surface area contributed by atoms with Crippen LogP contribution in [0.2, 0.25) is 0 Å². The van der Waals surface area contributed by atoms with E-state index in [1.165, 1.54) is 12.3 Å². The molecule has 0 atom stereocenters. The molecule has 0 radical (unpaired) electrons. The number of hydrogen-bond donors (Lipinski definition) is 3. The van der Waals surface area contributed by atoms with Crippen LogP contribution in [0.1, 0.15) is 10.4 Å². The van der Waals surface area contributed by atoms with E-state index in [2.05, 4.69) is 10.3 Å². The molecule has 4 N–H and O–H groups in total. The molecule has 0 aliphatic heterocycles. The lowest BCUT2D eigenvalue weighted by molar-refractivity contribution is 0.102. The van der Waals surface area contributed by atoms with Gasteiger partial charge in [0.15, 0.2) is 0 Å². The summed E-state index contributed by atoms with van der Waals surface area (Å²) in [7, 11) is -4.14. The van der Waals surface area contributed by atoms with Crippen molar-refractivity contribution in [3.63, 3.8) is 0 Å². The van der Waals surface area contributed by atoms with Crippen LogP contribution in [0.4, 0.5) is 10.1 Å². The van der Waals surface area contributed by atoms with Gasteiger partial charge in [-0.25, -0.2) is 17.9 Å². The molecule has 110 valence electrons. The first-order chi connectivity index (χ1) is 9.79. The zero-order valence-corrected chi connectivity index (χ0v) is 11.3. The molecule has 1 aromatic heterocycles. The molecule has 0 fully saturated rings. The van der Waals surface area contributed by atoms with Crippen molar-refractivity contribution in [3.05, 3.63) is 48.0 Å². The van der Waals surface area contributed by atoms with Crippen molar-refractivity contribution in [1.82, 2.24) is 4.98 Å². The standard InChI is InChI=1S/C12H10FN3O4S/c13-7-1-2-11(21(14,19)20)9(5-7)16-12(18)8-3-4-15-6-10(8)17/h1-6,17H,(H,16,18)(H2,14,19,20). The lowest BCUT2D eigenvalue weighted by atomic mass is 10.2. The topological polar surface area (TPSA) is 122 Å². The number of nitrogens with one attached hydrogen (secondary N) is 1. The third-order valence-electron chi connectivity index (χ3n) is 2.54. The van der Waals surface area contributed by atoms with Crippen LogP contribution in [0.25, 0.3) is 0 Å². The molecular formula is C12H10FN3O4S. The van der Waals surface area contributed by atoms with Gasteiger partial charge in [-0.1, -0.05) is 0 Å². The molecule has 0 saturated carbocycles. The summed E-state index contributed by atoms with van der Waals surface area (Å²) < 4.78 is 36.0. The number of hydrogen-bond acceptors (Lipinski definition) is 5. The van der Waals surface area contributed by atoms with Gasteiger partial charge in [-0.3, -0.25) is 9.78 Å². The summed E-state index contributed by atoms with van der Waals surface area (Å²) in [5, 5.41) is 16.7. The summed E-state index contributed by atoms with van der Waals surface area (Å²) in [4.78, 5) is 15.1. The number of benzene rings is 1. The highest BCUT2D eigenvalue weighted by Gasteiger charge is 2.18. The number of rotatable bonds is 3. The molecule has 0 unspecified atom stereocenters. The second-order valence-corrected chi connectivity index (χ2v) is 5.56. The highest BCUT2D eigenvalue weighted by Crippen LogP contribution is 2.23. The Hall–Kier alpha value is -2.52. The van der Waals surface area contributed by atoms with Crippen LogP contribution in [-0.2, 0) is 10.0 Å². The van der Waals surface area contributed by atoms with Gasteiger partial charge in [-0.2, -0.15) is 0 Å². The number of sulfonamides is 1. The predicted octanol–water partition coefficient (Wildman–Crippen LogP) is 0.826. The zero-order valence-electron chi connectivity index (χ0n) is 10.4. The van der Waals surface area contributed by atoms with E-state index in [-0.39, 0.29) is 11.3 Å². The van der Waals surface area contributed by atoms with Crippen LogP contribution in [0.5, 0.6) is 5.75 Å². The van der Waals surface area contributed by atoms with E-state index in [1.807, 2.05) is 0 Å². The largest absolute Gasteiger partial charge is 0.505 e. The quantitative estimate of drug-likeness (QED) is 0.774. The van der Waals surface area contributed by atoms with Crippen LogP contribution in [0, 0.1) is 5.82 Å². The van der Waals surface area contributed by atoms with Crippen molar-refractivity contribution >= 4 is 21.6 Å². The zero-order chi connectivity index (χ0) is 15.6. The van der Waals surface area contributed by atoms with Crippen molar-refractivity contribution in [1.29, 1.82) is 0 Å². The van der Waals surface area contributed by atoms with E-state index in [1.54, 1.807) is 0 Å². The van der Waals surface area contributed by atoms with Crippen LogP contribution in [-0.4, -0.2) is 24.4 Å². The van der Waals surface area contributed by atoms with E-state index in [9.17, 15) is 22.7 Å². The Morgan fingerprint density at radius 1 is 1.33 bits per heavy atom. The number of primary sulfonamides is 1. The molecule has 2 rings (SSSR count). The van der Waals surface area contributed by atoms with Gasteiger partial charge in [0.2, 0.25) is 10.0 Å². The molecular weight excluding hydrogens is 301 g/mol. The van der Waals surface area contributed by atoms with Gasteiger partial charge in [0, 0.05) is 6.20 Å². The minimum Gasteiger partial charge on any atom is -0.505 e. The summed E-state index contributed by atoms with van der Waals surface area (Å²) >= 11 is 0. The summed E-state index contributed by atoms with van der Waals surface area (Å²) in [6, 6.07) is 3.88. The van der Waals surface area contributed by atoms with Gasteiger partial charge < -0.3 is 10.4 Å². The van der Waals surface area contributed by atoms with E-state index < -0.39 is 32.4 Å². The van der Waals surface area contributed by atoms with Crippen molar-refractivity contribution in [2.75, 3.05) is 5.32 Å². The fourth-order valence-electron chi connectivity index (χ4n) is 1.62. The van der Waals surface area contributed by atoms with Crippen molar-refractivity contribution < 1.29 is 22.7 Å². The van der Waals surface area contributed by atoms with E-state index in [0.717, 1.165) is 24.4 Å². The Balaban J connectivity index is 2.43. The van der Waals surface area contributed by atoms with Crippen LogP contribution < -0.4 is 10.5 Å². The van der Waals surface area contributed by atoms with Crippen LogP contribution in [0.3, 0.4) is 0 Å². The molecule has 1 heterocycles. The van der Waals surface area contributed by atoms with Crippen molar-refractivity contribution in [3.8, 4) is 5.75 Å². The molecule has 7 nitrogen and oxygen atoms in total. The van der Waals surface area contributed by atoms with Gasteiger partial charge in [0.05, 0.1) is 17.4 Å². The number of carbonyl (C=O) groups is 1. The van der Waals surface area contributed by atoms with Crippen LogP contribution in [0.15, 0.2) is 41.6 Å². The summed E-state index contributed by atoms with van der Waals surface area (Å²) in [5.41, 5.74) is -0.464. The van der Waals surface area contributed by atoms with Gasteiger partial charge in [-0.15, -0.1) is 0 Å². The summed E-state index contributed by atoms with van der Waals surface area (Å²) in [6.45, 7) is 0. The number of carbonyl (C=O) groups excluding carboxylic acids is 1. The number of nitrogens with zero attached hydrogens (tertiary/aromatic N) is 1. The van der Waals surface area contributed by atoms with E-state index in [0.29, 0.717) is 0 Å². The maximum atomic E-state index is 13.2. The third kappa shape index (κ3) is 3.33. The first-order valence-electron chi connectivity index (χ1n) is 5.55. The van der Waals surface area contributed by atoms with Crippen molar-refractivity contribution in [2.24, 2.45) is 5.14 Å². The fraction of sp³-hybridized carbons (Fsp3) is 0. The number of anilines is 1. The summed E-state index contributed by atoms with van der Waals surface area (Å²) in [6.07, 6.45) is 2.31. The SMILES string of the molecule is NS(=O)(=O)c1ccc(F)cc1NC(=O)c1ccncc1O. The molecule has 0 saturated heterocycles. The normalized spacial score (nSPS) is 11.1. The number of amides is 1. The maximum absolute atomic E-state index is 13.2. The number of pyridine rings is 1. The van der Waals surface area contributed by atoms with Gasteiger partial charge in [0.1, 0.15) is 16.5 Å². The number of halogens is 1. The minimum absolute atomic E-state index is 0.144. The van der Waals surface area contributed by atoms with E-state index in [4.69, 9.17) is 5.14 Å². The van der Waals surface area contributed by atoms with Gasteiger partial charge in [-0.05, 0) is 24.3 Å². The molecule has 1 aromatic carbocycles. The third-order valence-corrected chi connectivity index (χ3v) is 3.51. The Morgan fingerprint density at radius 3 is 2.67 bits per heavy atom. The summed E-state index contributed by atoms with van der Waals surface area (Å²) in [5.74, 6) is -1.98. The van der Waals surface area contributed by atoms with Gasteiger partial charge >= 0.3 is 0 Å². The monoisotopic (exact) mass is 311 g/mol. The van der Waals surface area contributed by atoms with E-state index >= 15 is 0 Å². The van der Waals surface area contributed by atoms with Gasteiger partial charge in [0.25, 0.3) is 5.91 Å². The second kappa shape index (κ2) is 5.46. The first kappa shape index (κ1) is 14.9. The number of aromatic hydroxyl groups is 1. The predicted molar refractivity (Wildman–Crippen MR) is 71.6 cm³/mol. The Morgan fingerprint density at radius 2 is 2.05 bits per heavy atom. The lowest BCUT2D eigenvalue weighted by Gasteiger charge is -2.10. The molecule has 0 aliphatic carbocycles. The fourth-order valence-corrected chi connectivity index (χ4v) is 2.29. The molecule has 0 bridgehead atoms. The van der Waals surface area contributed by atoms with Crippen molar-refractivity contribution in [2.45, 2.75) is 4.90 Å². The molecule has 0 spiro atoms. The molecule has 9 heteroatoms. The highest BCUT2D eigenvalue weighted by atomic mass is 32.2. The average molecular weight is 311 g/mol. The number of aromatic nitrogens is 1. The average Bonchev–Trinajstić information content (AvgIpc) is 2.37. The molecule has 21 heavy (non-hydrogen) atoms. The molecule has 2 aromatic rings. The Labute approximate surface area is 119 Å².